The lowest BCUT2D eigenvalue weighted by atomic mass is 10.1. The number of benzene rings is 1. The summed E-state index contributed by atoms with van der Waals surface area (Å²) < 4.78 is 0. The Bertz CT molecular complexity index is 572. The van der Waals surface area contributed by atoms with Crippen molar-refractivity contribution in [3.05, 3.63) is 45.9 Å². The zero-order valence-electron chi connectivity index (χ0n) is 9.01. The molecule has 86 valence electrons. The minimum Gasteiger partial charge on any atom is -0.508 e. The first-order valence-electron chi connectivity index (χ1n) is 4.88. The molecule has 0 aliphatic carbocycles. The Hall–Kier alpha value is -2.01. The molecular weight excluding hydrogens is 238 g/mol. The summed E-state index contributed by atoms with van der Waals surface area (Å²) in [4.78, 5) is 27.6. The minimum atomic E-state index is -0.617. The number of thiazole rings is 1. The fraction of sp³-hybridized carbons (Fsp3) is 0.0833. The largest absolute Gasteiger partial charge is 0.508 e. The number of hydrogen-bond donors (Lipinski definition) is 1. The Morgan fingerprint density at radius 2 is 1.82 bits per heavy atom. The summed E-state index contributed by atoms with van der Waals surface area (Å²) >= 11 is 1.15. The van der Waals surface area contributed by atoms with Crippen molar-refractivity contribution in [2.24, 2.45) is 0 Å². The highest BCUT2D eigenvalue weighted by Gasteiger charge is 2.20. The Morgan fingerprint density at radius 1 is 1.18 bits per heavy atom. The van der Waals surface area contributed by atoms with Crippen LogP contribution in [0.2, 0.25) is 0 Å². The maximum absolute atomic E-state index is 11.8. The third-order valence-electron chi connectivity index (χ3n) is 2.15. The maximum atomic E-state index is 11.8. The van der Waals surface area contributed by atoms with Crippen LogP contribution < -0.4 is 0 Å². The Labute approximate surface area is 102 Å². The number of Topliss-reactive ketones (excluding diaryl/α,β-unsaturated/α-hetero) is 2. The van der Waals surface area contributed by atoms with Crippen LogP contribution in [-0.4, -0.2) is 21.7 Å². The third kappa shape index (κ3) is 2.39. The van der Waals surface area contributed by atoms with Gasteiger partial charge in [-0.25, -0.2) is 4.98 Å². The third-order valence-corrected chi connectivity index (χ3v) is 3.11. The molecule has 0 spiro atoms. The number of hydrogen-bond acceptors (Lipinski definition) is 5. The van der Waals surface area contributed by atoms with Gasteiger partial charge in [0.1, 0.15) is 5.75 Å². The smallest absolute Gasteiger partial charge is 0.261 e. The van der Waals surface area contributed by atoms with Crippen molar-refractivity contribution in [2.45, 2.75) is 6.92 Å². The minimum absolute atomic E-state index is 0.0547. The fourth-order valence-electron chi connectivity index (χ4n) is 1.30. The van der Waals surface area contributed by atoms with E-state index in [0.29, 0.717) is 0 Å². The summed E-state index contributed by atoms with van der Waals surface area (Å²) in [5.74, 6) is -1.17. The van der Waals surface area contributed by atoms with Gasteiger partial charge in [0.15, 0.2) is 5.01 Å². The highest BCUT2D eigenvalue weighted by molar-refractivity contribution is 7.12. The second-order valence-electron chi connectivity index (χ2n) is 3.50. The van der Waals surface area contributed by atoms with Crippen molar-refractivity contribution in [1.29, 1.82) is 0 Å². The van der Waals surface area contributed by atoms with Gasteiger partial charge in [0.25, 0.3) is 5.78 Å². The summed E-state index contributed by atoms with van der Waals surface area (Å²) in [6.07, 6.45) is 0. The zero-order chi connectivity index (χ0) is 12.4. The van der Waals surface area contributed by atoms with Crippen molar-refractivity contribution in [3.8, 4) is 5.75 Å². The number of phenols is 1. The first-order chi connectivity index (χ1) is 8.08. The highest BCUT2D eigenvalue weighted by Crippen LogP contribution is 2.15. The number of nitrogens with zero attached hydrogens (tertiary/aromatic N) is 1. The first kappa shape index (κ1) is 11.5. The van der Waals surface area contributed by atoms with Crippen LogP contribution in [0.5, 0.6) is 5.75 Å². The molecule has 1 aromatic heterocycles. The monoisotopic (exact) mass is 247 g/mol. The van der Waals surface area contributed by atoms with Crippen LogP contribution in [0.15, 0.2) is 29.6 Å². The molecule has 0 aliphatic heterocycles. The summed E-state index contributed by atoms with van der Waals surface area (Å²) in [5, 5.41) is 11.0. The SMILES string of the molecule is Cc1csc(C(=O)C(=O)c2ccc(O)cc2)n1. The number of carbonyl (C=O) groups excluding carboxylic acids is 2. The number of aryl methyl sites for hydroxylation is 1. The van der Waals surface area contributed by atoms with E-state index in [1.165, 1.54) is 24.3 Å². The standard InChI is InChI=1S/C12H9NO3S/c1-7-6-17-12(13-7)11(16)10(15)8-2-4-9(14)5-3-8/h2-6,14H,1H3. The highest BCUT2D eigenvalue weighted by atomic mass is 32.1. The van der Waals surface area contributed by atoms with Crippen LogP contribution >= 0.6 is 11.3 Å². The zero-order valence-corrected chi connectivity index (χ0v) is 9.82. The van der Waals surface area contributed by atoms with E-state index >= 15 is 0 Å². The molecule has 1 heterocycles. The van der Waals surface area contributed by atoms with Crippen LogP contribution in [0.1, 0.15) is 25.9 Å². The van der Waals surface area contributed by atoms with Gasteiger partial charge in [0.2, 0.25) is 5.78 Å². The van der Waals surface area contributed by atoms with E-state index in [1.54, 1.807) is 12.3 Å². The lowest BCUT2D eigenvalue weighted by molar-refractivity contribution is 0.0816. The van der Waals surface area contributed by atoms with Crippen LogP contribution in [0.3, 0.4) is 0 Å². The number of carbonyl (C=O) groups is 2. The van der Waals surface area contributed by atoms with Crippen LogP contribution in [-0.2, 0) is 0 Å². The Kier molecular flexibility index (Phi) is 3.01. The number of aromatic nitrogens is 1. The van der Waals surface area contributed by atoms with Crippen LogP contribution in [0, 0.1) is 6.92 Å². The predicted molar refractivity (Wildman–Crippen MR) is 63.6 cm³/mol. The molecular formula is C12H9NO3S. The molecule has 1 N–H and O–H groups in total. The quantitative estimate of drug-likeness (QED) is 0.667. The molecule has 0 fully saturated rings. The lowest BCUT2D eigenvalue weighted by Crippen LogP contribution is -2.14. The molecule has 0 aliphatic rings. The molecule has 17 heavy (non-hydrogen) atoms. The van der Waals surface area contributed by atoms with E-state index in [9.17, 15) is 9.59 Å². The molecule has 1 aromatic carbocycles. The van der Waals surface area contributed by atoms with Gasteiger partial charge in [-0.15, -0.1) is 11.3 Å². The van der Waals surface area contributed by atoms with E-state index in [-0.39, 0.29) is 16.3 Å². The second-order valence-corrected chi connectivity index (χ2v) is 4.36. The molecule has 5 heteroatoms. The van der Waals surface area contributed by atoms with Crippen molar-refractivity contribution in [3.63, 3.8) is 0 Å². The maximum Gasteiger partial charge on any atom is 0.261 e. The molecule has 0 amide bonds. The molecule has 0 saturated carbocycles. The van der Waals surface area contributed by atoms with Crippen molar-refractivity contribution in [1.82, 2.24) is 4.98 Å². The van der Waals surface area contributed by atoms with E-state index in [1.807, 2.05) is 0 Å². The number of rotatable bonds is 3. The van der Waals surface area contributed by atoms with Gasteiger partial charge < -0.3 is 5.11 Å². The number of phenolic OH excluding ortho intramolecular Hbond substituents is 1. The van der Waals surface area contributed by atoms with E-state index in [2.05, 4.69) is 4.98 Å². The molecule has 0 unspecified atom stereocenters. The number of aromatic hydroxyl groups is 1. The average molecular weight is 247 g/mol. The molecule has 2 aromatic rings. The van der Waals surface area contributed by atoms with E-state index < -0.39 is 11.6 Å². The Morgan fingerprint density at radius 3 is 2.35 bits per heavy atom. The van der Waals surface area contributed by atoms with Gasteiger partial charge in [-0.2, -0.15) is 0 Å². The summed E-state index contributed by atoms with van der Waals surface area (Å²) in [6, 6.07) is 5.56. The summed E-state index contributed by atoms with van der Waals surface area (Å²) in [5.41, 5.74) is 0.970. The van der Waals surface area contributed by atoms with Gasteiger partial charge in [-0.05, 0) is 31.2 Å². The van der Waals surface area contributed by atoms with E-state index in [0.717, 1.165) is 17.0 Å². The number of ketones is 2. The molecule has 4 nitrogen and oxygen atoms in total. The topological polar surface area (TPSA) is 67.3 Å². The normalized spacial score (nSPS) is 10.2. The summed E-state index contributed by atoms with van der Waals surface area (Å²) in [6.45, 7) is 1.76. The second kappa shape index (κ2) is 4.47. The fourth-order valence-corrected chi connectivity index (χ4v) is 2.03. The van der Waals surface area contributed by atoms with Gasteiger partial charge in [0.05, 0.1) is 0 Å². The average Bonchev–Trinajstić information content (AvgIpc) is 2.75. The van der Waals surface area contributed by atoms with Crippen molar-refractivity contribution in [2.75, 3.05) is 0 Å². The van der Waals surface area contributed by atoms with Gasteiger partial charge in [0, 0.05) is 16.6 Å². The lowest BCUT2D eigenvalue weighted by Gasteiger charge is -1.98. The molecule has 2 rings (SSSR count). The Balaban J connectivity index is 2.26. The predicted octanol–water partition coefficient (Wildman–Crippen LogP) is 2.22. The van der Waals surface area contributed by atoms with Gasteiger partial charge in [-0.3, -0.25) is 9.59 Å². The molecule has 0 radical (unpaired) electrons. The molecule has 0 atom stereocenters. The van der Waals surface area contributed by atoms with Gasteiger partial charge >= 0.3 is 0 Å². The van der Waals surface area contributed by atoms with Crippen LogP contribution in [0.25, 0.3) is 0 Å². The van der Waals surface area contributed by atoms with E-state index in [4.69, 9.17) is 5.11 Å². The van der Waals surface area contributed by atoms with Gasteiger partial charge in [-0.1, -0.05) is 0 Å². The van der Waals surface area contributed by atoms with Crippen molar-refractivity contribution >= 4 is 22.9 Å². The van der Waals surface area contributed by atoms with Crippen molar-refractivity contribution < 1.29 is 14.7 Å². The summed E-state index contributed by atoms with van der Waals surface area (Å²) in [7, 11) is 0. The molecule has 0 bridgehead atoms. The molecule has 0 saturated heterocycles. The van der Waals surface area contributed by atoms with Crippen LogP contribution in [0.4, 0.5) is 0 Å². The first-order valence-corrected chi connectivity index (χ1v) is 5.76.